The first kappa shape index (κ1) is 23.0. The Kier molecular flexibility index (Phi) is 9.17. The van der Waals surface area contributed by atoms with Crippen LogP contribution in [0.5, 0.6) is 0 Å². The minimum atomic E-state index is -0.761. The van der Waals surface area contributed by atoms with Crippen molar-refractivity contribution in [2.45, 2.75) is 90.7 Å². The van der Waals surface area contributed by atoms with Gasteiger partial charge in [-0.05, 0) is 31.0 Å². The highest BCUT2D eigenvalue weighted by atomic mass is 16.6. The predicted octanol–water partition coefficient (Wildman–Crippen LogP) is 4.04. The molecule has 0 N–H and O–H groups in total. The molecule has 0 aliphatic carbocycles. The van der Waals surface area contributed by atoms with Gasteiger partial charge in [0, 0.05) is 31.4 Å². The topological polar surface area (TPSA) is 71.1 Å². The molecule has 0 amide bonds. The molecule has 0 unspecified atom stereocenters. The molecule has 0 aromatic carbocycles. The summed E-state index contributed by atoms with van der Waals surface area (Å²) in [6, 6.07) is 0. The molecule has 2 aliphatic rings. The molecule has 2 fully saturated rings. The van der Waals surface area contributed by atoms with E-state index < -0.39 is 7.12 Å². The average molecular weight is 368 g/mol. The molecule has 0 aromatic heterocycles. The summed E-state index contributed by atoms with van der Waals surface area (Å²) in [7, 11) is -0.777. The lowest BCUT2D eigenvalue weighted by Gasteiger charge is -2.27. The van der Waals surface area contributed by atoms with Crippen LogP contribution in [0.2, 0.25) is 10.6 Å². The molecule has 148 valence electrons. The lowest BCUT2D eigenvalue weighted by molar-refractivity contribution is -0.143. The number of rotatable bonds is 0. The molecule has 0 atom stereocenters. The third-order valence-electron chi connectivity index (χ3n) is 3.98. The summed E-state index contributed by atoms with van der Waals surface area (Å²) in [4.78, 5) is 22.4. The van der Waals surface area contributed by atoms with Crippen LogP contribution in [0.3, 0.4) is 0 Å². The van der Waals surface area contributed by atoms with E-state index in [1.807, 2.05) is 20.8 Å². The molecular weight excluding hydrogens is 334 g/mol. The van der Waals surface area contributed by atoms with Gasteiger partial charge in [0.2, 0.25) is 0 Å². The van der Waals surface area contributed by atoms with Crippen LogP contribution in [0, 0.1) is 0 Å². The fraction of sp³-hybridized carbons (Fsp3) is 0.889. The van der Waals surface area contributed by atoms with Crippen LogP contribution in [0.1, 0.15) is 80.1 Å². The summed E-state index contributed by atoms with van der Waals surface area (Å²) in [5, 5.41) is -0.264. The highest BCUT2D eigenvalue weighted by Crippen LogP contribution is 2.30. The Morgan fingerprint density at radius 2 is 1.08 bits per heavy atom. The van der Waals surface area contributed by atoms with Crippen LogP contribution in [-0.2, 0) is 28.2 Å². The average Bonchev–Trinajstić information content (AvgIpc) is 2.42. The van der Waals surface area contributed by atoms with E-state index in [-0.39, 0.29) is 29.7 Å². The number of hydrogen-bond donors (Lipinski definition) is 0. The Balaban J connectivity index is 0.000000263. The first-order valence-electron chi connectivity index (χ1n) is 9.62. The molecule has 0 spiro atoms. The Morgan fingerprint density at radius 1 is 0.654 bits per heavy atom. The largest absolute Gasteiger partial charge is 0.604 e. The van der Waals surface area contributed by atoms with Gasteiger partial charge >= 0.3 is 14.2 Å². The van der Waals surface area contributed by atoms with Crippen LogP contribution >= 0.6 is 0 Å². The van der Waals surface area contributed by atoms with Crippen molar-refractivity contribution < 1.29 is 28.2 Å². The van der Waals surface area contributed by atoms with E-state index in [2.05, 4.69) is 20.8 Å². The van der Waals surface area contributed by atoms with Gasteiger partial charge in [-0.15, -0.1) is 0 Å². The van der Waals surface area contributed by atoms with Crippen molar-refractivity contribution in [2.75, 3.05) is 13.2 Å². The zero-order valence-electron chi connectivity index (χ0n) is 17.3. The fourth-order valence-corrected chi connectivity index (χ4v) is 2.42. The van der Waals surface area contributed by atoms with Gasteiger partial charge in [0.1, 0.15) is 0 Å². The molecule has 0 saturated carbocycles. The number of carbonyl (C=O) groups is 2. The maximum Gasteiger partial charge on any atom is 0.604 e. The van der Waals surface area contributed by atoms with Gasteiger partial charge in [-0.3, -0.25) is 9.59 Å². The third-order valence-corrected chi connectivity index (χ3v) is 3.98. The van der Waals surface area contributed by atoms with Crippen LogP contribution in [0.4, 0.5) is 0 Å². The highest BCUT2D eigenvalue weighted by Gasteiger charge is 2.41. The van der Waals surface area contributed by atoms with Gasteiger partial charge in [0.25, 0.3) is 11.9 Å². The van der Waals surface area contributed by atoms with Crippen LogP contribution in [0.15, 0.2) is 0 Å². The first-order valence-corrected chi connectivity index (χ1v) is 9.62. The van der Waals surface area contributed by atoms with Gasteiger partial charge in [0.15, 0.2) is 0 Å². The molecule has 0 aromatic rings. The Labute approximate surface area is 158 Å². The SMILES string of the molecule is CC(C)(C)B1OC(=O)CCCC(=O)O1.CC(C)(C)B1OCCCCCO1. The third kappa shape index (κ3) is 9.08. The zero-order chi connectivity index (χ0) is 19.8. The summed E-state index contributed by atoms with van der Waals surface area (Å²) < 4.78 is 21.3. The van der Waals surface area contributed by atoms with Gasteiger partial charge in [0.05, 0.1) is 0 Å². The number of carbonyl (C=O) groups excluding carboxylic acids is 2. The minimum absolute atomic E-state index is 0.0159. The van der Waals surface area contributed by atoms with Crippen LogP contribution in [0.25, 0.3) is 0 Å². The van der Waals surface area contributed by atoms with Crippen molar-refractivity contribution in [3.05, 3.63) is 0 Å². The van der Waals surface area contributed by atoms with Gasteiger partial charge in [-0.2, -0.15) is 0 Å². The van der Waals surface area contributed by atoms with E-state index >= 15 is 0 Å². The van der Waals surface area contributed by atoms with E-state index in [4.69, 9.17) is 18.6 Å². The summed E-state index contributed by atoms with van der Waals surface area (Å²) in [5.74, 6) is -0.588. The molecule has 2 rings (SSSR count). The predicted molar refractivity (Wildman–Crippen MR) is 103 cm³/mol. The first-order chi connectivity index (χ1) is 12.0. The molecule has 6 nitrogen and oxygen atoms in total. The summed E-state index contributed by atoms with van der Waals surface area (Å²) in [6.07, 6.45) is 4.68. The molecule has 0 bridgehead atoms. The maximum atomic E-state index is 11.2. The van der Waals surface area contributed by atoms with E-state index in [9.17, 15) is 9.59 Å². The Hall–Kier alpha value is -1.01. The lowest BCUT2D eigenvalue weighted by Crippen LogP contribution is -2.38. The smallest absolute Gasteiger partial charge is 0.499 e. The molecule has 2 aliphatic heterocycles. The molecule has 0 radical (unpaired) electrons. The van der Waals surface area contributed by atoms with Gasteiger partial charge in [-0.1, -0.05) is 41.5 Å². The van der Waals surface area contributed by atoms with Crippen molar-refractivity contribution in [3.8, 4) is 0 Å². The quantitative estimate of drug-likeness (QED) is 0.601. The van der Waals surface area contributed by atoms with Crippen molar-refractivity contribution in [1.82, 2.24) is 0 Å². The second-order valence-corrected chi connectivity index (χ2v) is 9.03. The van der Waals surface area contributed by atoms with E-state index in [1.165, 1.54) is 19.3 Å². The molecule has 2 heterocycles. The maximum absolute atomic E-state index is 11.2. The van der Waals surface area contributed by atoms with E-state index in [0.717, 1.165) is 13.2 Å². The molecular formula is C18H34B2O6. The minimum Gasteiger partial charge on any atom is -0.499 e. The second kappa shape index (κ2) is 10.4. The second-order valence-electron chi connectivity index (χ2n) is 9.03. The summed E-state index contributed by atoms with van der Waals surface area (Å²) in [5.41, 5.74) is 0. The van der Waals surface area contributed by atoms with Crippen molar-refractivity contribution in [1.29, 1.82) is 0 Å². The van der Waals surface area contributed by atoms with Crippen molar-refractivity contribution in [2.24, 2.45) is 0 Å². The normalized spacial score (nSPS) is 20.5. The Bertz CT molecular complexity index is 430. The van der Waals surface area contributed by atoms with E-state index in [0.29, 0.717) is 19.3 Å². The zero-order valence-corrected chi connectivity index (χ0v) is 17.3. The van der Waals surface area contributed by atoms with Crippen molar-refractivity contribution in [3.63, 3.8) is 0 Å². The Morgan fingerprint density at radius 3 is 1.46 bits per heavy atom. The highest BCUT2D eigenvalue weighted by molar-refractivity contribution is 6.52. The standard InChI is InChI=1S/C9H15BO4.C9H19BO2/c1-9(2,3)10-13-7(11)5-4-6-8(12)14-10;1-9(2,3)10-11-7-5-4-6-8-12-10/h4-6H2,1-3H3;4-8H2,1-3H3. The van der Waals surface area contributed by atoms with E-state index in [1.54, 1.807) is 0 Å². The summed E-state index contributed by atoms with van der Waals surface area (Å²) >= 11 is 0. The molecule has 2 saturated heterocycles. The van der Waals surface area contributed by atoms with Gasteiger partial charge < -0.3 is 18.6 Å². The van der Waals surface area contributed by atoms with Gasteiger partial charge in [-0.25, -0.2) is 0 Å². The molecule has 8 heteroatoms. The number of hydrogen-bond acceptors (Lipinski definition) is 6. The van der Waals surface area contributed by atoms with Crippen LogP contribution in [-0.4, -0.2) is 39.4 Å². The lowest BCUT2D eigenvalue weighted by atomic mass is 9.61. The molecule has 26 heavy (non-hydrogen) atoms. The van der Waals surface area contributed by atoms with Crippen LogP contribution < -0.4 is 0 Å². The fourth-order valence-electron chi connectivity index (χ4n) is 2.42. The van der Waals surface area contributed by atoms with Crippen molar-refractivity contribution >= 4 is 26.2 Å². The monoisotopic (exact) mass is 368 g/mol. The summed E-state index contributed by atoms with van der Waals surface area (Å²) in [6.45, 7) is 13.7.